The van der Waals surface area contributed by atoms with Crippen molar-refractivity contribution in [2.24, 2.45) is 0 Å². The van der Waals surface area contributed by atoms with Crippen molar-refractivity contribution >= 4 is 20.9 Å². The third-order valence-electron chi connectivity index (χ3n) is 3.81. The first-order chi connectivity index (χ1) is 11.9. The van der Waals surface area contributed by atoms with Crippen LogP contribution >= 0.6 is 0 Å². The molecule has 0 bridgehead atoms. The summed E-state index contributed by atoms with van der Waals surface area (Å²) in [5.74, 6) is 0.657. The molecule has 3 rings (SSSR count). The van der Waals surface area contributed by atoms with Crippen LogP contribution in [0, 0.1) is 6.92 Å². The quantitative estimate of drug-likeness (QED) is 0.707. The number of pyridine rings is 2. The molecule has 0 saturated heterocycles. The van der Waals surface area contributed by atoms with Crippen LogP contribution in [0.4, 0.5) is 0 Å². The minimum Gasteiger partial charge on any atom is -0.493 e. The third-order valence-corrected chi connectivity index (χ3v) is 5.60. The normalized spacial score (nSPS) is 11.5. The number of ether oxygens (including phenoxy) is 2. The van der Waals surface area contributed by atoms with Crippen LogP contribution in [0.1, 0.15) is 5.69 Å². The second-order valence-electron chi connectivity index (χ2n) is 5.31. The predicted molar refractivity (Wildman–Crippen MR) is 92.9 cm³/mol. The molecule has 0 amide bonds. The maximum atomic E-state index is 13.0. The van der Waals surface area contributed by atoms with Gasteiger partial charge in [0.25, 0.3) is 15.6 Å². The Hall–Kier alpha value is -2.87. The average molecular weight is 360 g/mol. The SMILES string of the molecule is COc1ccc(S(=O)(=O)n2c(C)cc3ncccc3c2=O)cc1OC. The number of hydrogen-bond acceptors (Lipinski definition) is 6. The van der Waals surface area contributed by atoms with Gasteiger partial charge < -0.3 is 9.47 Å². The van der Waals surface area contributed by atoms with Crippen LogP contribution in [-0.4, -0.2) is 31.6 Å². The molecule has 0 N–H and O–H groups in total. The fourth-order valence-corrected chi connectivity index (χ4v) is 4.08. The van der Waals surface area contributed by atoms with E-state index in [1.165, 1.54) is 32.4 Å². The van der Waals surface area contributed by atoms with Crippen LogP contribution in [0.2, 0.25) is 0 Å². The number of methoxy groups -OCH3 is 2. The molecule has 7 nitrogen and oxygen atoms in total. The highest BCUT2D eigenvalue weighted by Gasteiger charge is 2.23. The molecule has 0 fully saturated rings. The van der Waals surface area contributed by atoms with E-state index in [0.29, 0.717) is 11.3 Å². The topological polar surface area (TPSA) is 87.5 Å². The lowest BCUT2D eigenvalue weighted by molar-refractivity contribution is 0.354. The maximum absolute atomic E-state index is 13.0. The van der Waals surface area contributed by atoms with Gasteiger partial charge in [-0.15, -0.1) is 0 Å². The van der Waals surface area contributed by atoms with Crippen molar-refractivity contribution in [3.63, 3.8) is 0 Å². The summed E-state index contributed by atoms with van der Waals surface area (Å²) in [6.07, 6.45) is 1.55. The molecule has 0 aliphatic heterocycles. The molecule has 0 atom stereocenters. The summed E-state index contributed by atoms with van der Waals surface area (Å²) in [7, 11) is -1.24. The fraction of sp³-hybridized carbons (Fsp3) is 0.176. The monoisotopic (exact) mass is 360 g/mol. The predicted octanol–water partition coefficient (Wildman–Crippen LogP) is 1.96. The number of hydrogen-bond donors (Lipinski definition) is 0. The van der Waals surface area contributed by atoms with Crippen molar-refractivity contribution in [2.75, 3.05) is 14.2 Å². The second kappa shape index (κ2) is 6.21. The molecule has 0 spiro atoms. The van der Waals surface area contributed by atoms with Gasteiger partial charge in [0, 0.05) is 18.0 Å². The summed E-state index contributed by atoms with van der Waals surface area (Å²) >= 11 is 0. The molecule has 0 aliphatic carbocycles. The summed E-state index contributed by atoms with van der Waals surface area (Å²) in [4.78, 5) is 16.8. The van der Waals surface area contributed by atoms with Crippen molar-refractivity contribution in [1.29, 1.82) is 0 Å². The van der Waals surface area contributed by atoms with Gasteiger partial charge in [0.15, 0.2) is 11.5 Å². The largest absolute Gasteiger partial charge is 0.493 e. The van der Waals surface area contributed by atoms with Crippen molar-refractivity contribution < 1.29 is 17.9 Å². The Kier molecular flexibility index (Phi) is 4.22. The minimum absolute atomic E-state index is 0.0707. The Morgan fingerprint density at radius 1 is 1.04 bits per heavy atom. The van der Waals surface area contributed by atoms with E-state index in [4.69, 9.17) is 9.47 Å². The molecule has 1 aromatic carbocycles. The van der Waals surface area contributed by atoms with Crippen LogP contribution in [0.15, 0.2) is 52.3 Å². The van der Waals surface area contributed by atoms with Gasteiger partial charge in [-0.2, -0.15) is 0 Å². The summed E-state index contributed by atoms with van der Waals surface area (Å²) < 4.78 is 37.1. The zero-order chi connectivity index (χ0) is 18.2. The second-order valence-corrected chi connectivity index (χ2v) is 7.10. The molecule has 8 heteroatoms. The molecule has 25 heavy (non-hydrogen) atoms. The van der Waals surface area contributed by atoms with E-state index >= 15 is 0 Å². The number of aromatic nitrogens is 2. The molecular formula is C17H16N2O5S. The van der Waals surface area contributed by atoms with Crippen molar-refractivity contribution in [3.8, 4) is 11.5 Å². The smallest absolute Gasteiger partial charge is 0.274 e. The number of fused-ring (bicyclic) bond motifs is 1. The highest BCUT2D eigenvalue weighted by atomic mass is 32.2. The van der Waals surface area contributed by atoms with Crippen molar-refractivity contribution in [2.45, 2.75) is 11.8 Å². The molecule has 2 heterocycles. The summed E-state index contributed by atoms with van der Waals surface area (Å²) in [6.45, 7) is 1.55. The van der Waals surface area contributed by atoms with Crippen LogP contribution in [0.5, 0.6) is 11.5 Å². The molecule has 130 valence electrons. The summed E-state index contributed by atoms with van der Waals surface area (Å²) in [6, 6.07) is 8.88. The Bertz CT molecular complexity index is 1120. The van der Waals surface area contributed by atoms with E-state index < -0.39 is 15.6 Å². The molecule has 0 saturated carbocycles. The molecule has 0 radical (unpaired) electrons. The summed E-state index contributed by atoms with van der Waals surface area (Å²) in [5, 5.41) is 0.233. The highest BCUT2D eigenvalue weighted by Crippen LogP contribution is 2.30. The van der Waals surface area contributed by atoms with Crippen LogP contribution in [0.3, 0.4) is 0 Å². The molecule has 0 unspecified atom stereocenters. The van der Waals surface area contributed by atoms with E-state index in [9.17, 15) is 13.2 Å². The summed E-state index contributed by atoms with van der Waals surface area (Å²) in [5.41, 5.74) is 0.0765. The standard InChI is InChI=1S/C17H16N2O5S/c1-11-9-14-13(5-4-8-18-14)17(20)19(11)25(21,22)12-6-7-15(23-2)16(10-12)24-3/h4-10H,1-3H3. The van der Waals surface area contributed by atoms with Crippen molar-refractivity contribution in [1.82, 2.24) is 8.96 Å². The van der Waals surface area contributed by atoms with Gasteiger partial charge in [0.1, 0.15) is 0 Å². The van der Waals surface area contributed by atoms with Gasteiger partial charge in [0.05, 0.1) is 30.0 Å². The minimum atomic E-state index is -4.11. The lowest BCUT2D eigenvalue weighted by Gasteiger charge is -2.14. The molecule has 2 aromatic heterocycles. The first kappa shape index (κ1) is 17.0. The van der Waals surface area contributed by atoms with E-state index in [1.807, 2.05) is 0 Å². The van der Waals surface area contributed by atoms with Gasteiger partial charge in [-0.3, -0.25) is 9.78 Å². The number of aryl methyl sites for hydroxylation is 1. The van der Waals surface area contributed by atoms with Crippen LogP contribution < -0.4 is 15.0 Å². The Morgan fingerprint density at radius 3 is 2.44 bits per heavy atom. The van der Waals surface area contributed by atoms with Crippen LogP contribution in [-0.2, 0) is 10.0 Å². The number of nitrogens with zero attached hydrogens (tertiary/aromatic N) is 2. The fourth-order valence-electron chi connectivity index (χ4n) is 2.62. The molecule has 0 aliphatic rings. The van der Waals surface area contributed by atoms with Crippen molar-refractivity contribution in [3.05, 3.63) is 58.6 Å². The van der Waals surface area contributed by atoms with E-state index in [0.717, 1.165) is 3.97 Å². The molecular weight excluding hydrogens is 344 g/mol. The Labute approximate surface area is 144 Å². The van der Waals surface area contributed by atoms with E-state index in [2.05, 4.69) is 4.98 Å². The number of rotatable bonds is 4. The average Bonchev–Trinajstić information content (AvgIpc) is 2.60. The van der Waals surface area contributed by atoms with Gasteiger partial charge in [-0.25, -0.2) is 12.4 Å². The Balaban J connectivity index is 2.29. The van der Waals surface area contributed by atoms with Gasteiger partial charge in [-0.1, -0.05) is 0 Å². The first-order valence-electron chi connectivity index (χ1n) is 7.35. The highest BCUT2D eigenvalue weighted by molar-refractivity contribution is 7.90. The van der Waals surface area contributed by atoms with Gasteiger partial charge >= 0.3 is 0 Å². The lowest BCUT2D eigenvalue weighted by atomic mass is 10.2. The molecule has 3 aromatic rings. The number of benzene rings is 1. The Morgan fingerprint density at radius 2 is 1.76 bits per heavy atom. The van der Waals surface area contributed by atoms with Gasteiger partial charge in [-0.05, 0) is 37.3 Å². The zero-order valence-electron chi connectivity index (χ0n) is 13.9. The lowest BCUT2D eigenvalue weighted by Crippen LogP contribution is -2.29. The third kappa shape index (κ3) is 2.74. The van der Waals surface area contributed by atoms with Gasteiger partial charge in [0.2, 0.25) is 0 Å². The van der Waals surface area contributed by atoms with E-state index in [-0.39, 0.29) is 21.7 Å². The zero-order valence-corrected chi connectivity index (χ0v) is 14.7. The maximum Gasteiger partial charge on any atom is 0.274 e. The first-order valence-corrected chi connectivity index (χ1v) is 8.79. The van der Waals surface area contributed by atoms with E-state index in [1.54, 1.807) is 31.3 Å². The van der Waals surface area contributed by atoms with Crippen LogP contribution in [0.25, 0.3) is 10.9 Å².